The van der Waals surface area contributed by atoms with Gasteiger partial charge >= 0.3 is 0 Å². The van der Waals surface area contributed by atoms with Crippen molar-refractivity contribution in [3.05, 3.63) is 59.7 Å². The van der Waals surface area contributed by atoms with Crippen LogP contribution in [0, 0.1) is 0 Å². The molecule has 162 valence electrons. The van der Waals surface area contributed by atoms with Gasteiger partial charge in [0.1, 0.15) is 10.6 Å². The molecule has 0 aromatic heterocycles. The largest absolute Gasteiger partial charge is 0.495 e. The van der Waals surface area contributed by atoms with Crippen LogP contribution in [0.3, 0.4) is 0 Å². The van der Waals surface area contributed by atoms with Gasteiger partial charge in [-0.2, -0.15) is 4.31 Å². The van der Waals surface area contributed by atoms with Gasteiger partial charge in [0.2, 0.25) is 15.9 Å². The molecule has 30 heavy (non-hydrogen) atoms. The van der Waals surface area contributed by atoms with Gasteiger partial charge in [0.15, 0.2) is 0 Å². The maximum Gasteiger partial charge on any atom is 0.246 e. The molecule has 0 bridgehead atoms. The maximum atomic E-state index is 13.1. The molecule has 1 unspecified atom stereocenters. The Labute approximate surface area is 178 Å². The highest BCUT2D eigenvalue weighted by Gasteiger charge is 2.30. The standard InChI is InChI=1S/C22H28N2O5S/c1-17(19-7-5-4-6-8-19)23(2)22(25)16-18-9-10-20(28-3)21(15-18)30(26,27)24-11-13-29-14-12-24/h4-10,15,17H,11-14,16H2,1-3H3. The highest BCUT2D eigenvalue weighted by Crippen LogP contribution is 2.29. The summed E-state index contributed by atoms with van der Waals surface area (Å²) in [7, 11) is -0.542. The number of hydrogen-bond acceptors (Lipinski definition) is 5. The summed E-state index contributed by atoms with van der Waals surface area (Å²) < 4.78 is 38.2. The Hall–Kier alpha value is -2.42. The summed E-state index contributed by atoms with van der Waals surface area (Å²) in [5, 5.41) is 0. The van der Waals surface area contributed by atoms with Crippen LogP contribution < -0.4 is 4.74 Å². The highest BCUT2D eigenvalue weighted by molar-refractivity contribution is 7.89. The molecule has 1 heterocycles. The van der Waals surface area contributed by atoms with Crippen LogP contribution in [-0.4, -0.2) is 64.0 Å². The van der Waals surface area contributed by atoms with Crippen LogP contribution >= 0.6 is 0 Å². The average Bonchev–Trinajstić information content (AvgIpc) is 2.79. The SMILES string of the molecule is COc1ccc(CC(=O)N(C)C(C)c2ccccc2)cc1S(=O)(=O)N1CCOCC1. The van der Waals surface area contributed by atoms with Gasteiger partial charge in [-0.1, -0.05) is 36.4 Å². The van der Waals surface area contributed by atoms with E-state index in [0.717, 1.165) is 5.56 Å². The lowest BCUT2D eigenvalue weighted by molar-refractivity contribution is -0.131. The minimum atomic E-state index is -3.74. The van der Waals surface area contributed by atoms with Crippen LogP contribution in [0.15, 0.2) is 53.4 Å². The predicted molar refractivity (Wildman–Crippen MR) is 114 cm³/mol. The molecule has 1 atom stereocenters. The Morgan fingerprint density at radius 2 is 1.83 bits per heavy atom. The average molecular weight is 433 g/mol. The van der Waals surface area contributed by atoms with Crippen molar-refractivity contribution in [1.29, 1.82) is 0 Å². The van der Waals surface area contributed by atoms with Crippen molar-refractivity contribution in [3.63, 3.8) is 0 Å². The first kappa shape index (κ1) is 22.3. The van der Waals surface area contributed by atoms with Gasteiger partial charge in [-0.15, -0.1) is 0 Å². The molecule has 1 fully saturated rings. The number of morpholine rings is 1. The first-order valence-corrected chi connectivity index (χ1v) is 11.3. The molecule has 1 saturated heterocycles. The summed E-state index contributed by atoms with van der Waals surface area (Å²) in [6.07, 6.45) is 0.100. The first-order chi connectivity index (χ1) is 14.3. The molecule has 0 aliphatic carbocycles. The molecule has 0 saturated carbocycles. The van der Waals surface area contributed by atoms with E-state index in [-0.39, 0.29) is 29.0 Å². The van der Waals surface area contributed by atoms with Crippen molar-refractivity contribution >= 4 is 15.9 Å². The molecule has 1 aliphatic rings. The zero-order valence-electron chi connectivity index (χ0n) is 17.6. The molecule has 7 nitrogen and oxygen atoms in total. The fourth-order valence-corrected chi connectivity index (χ4v) is 5.04. The lowest BCUT2D eigenvalue weighted by atomic mass is 10.1. The predicted octanol–water partition coefficient (Wildman–Crippen LogP) is 2.48. The Morgan fingerprint density at radius 1 is 1.17 bits per heavy atom. The monoisotopic (exact) mass is 432 g/mol. The fraction of sp³-hybridized carbons (Fsp3) is 0.409. The molecule has 1 aliphatic heterocycles. The zero-order valence-corrected chi connectivity index (χ0v) is 18.4. The number of methoxy groups -OCH3 is 1. The van der Waals surface area contributed by atoms with E-state index in [2.05, 4.69) is 0 Å². The second-order valence-electron chi connectivity index (χ2n) is 7.27. The number of benzene rings is 2. The molecular formula is C22H28N2O5S. The molecule has 1 amide bonds. The van der Waals surface area contributed by atoms with Crippen LogP contribution in [-0.2, 0) is 26.0 Å². The van der Waals surface area contributed by atoms with Crippen LogP contribution in [0.1, 0.15) is 24.1 Å². The molecule has 3 rings (SSSR count). The fourth-order valence-electron chi connectivity index (χ4n) is 3.43. The lowest BCUT2D eigenvalue weighted by Crippen LogP contribution is -2.40. The van der Waals surface area contributed by atoms with E-state index in [0.29, 0.717) is 31.9 Å². The minimum Gasteiger partial charge on any atom is -0.495 e. The van der Waals surface area contributed by atoms with Crippen LogP contribution in [0.5, 0.6) is 5.75 Å². The van der Waals surface area contributed by atoms with Gasteiger partial charge in [0.25, 0.3) is 0 Å². The molecule has 2 aromatic rings. The third-order valence-corrected chi connectivity index (χ3v) is 7.35. The van der Waals surface area contributed by atoms with Crippen molar-refractivity contribution in [3.8, 4) is 5.75 Å². The number of likely N-dealkylation sites (N-methyl/N-ethyl adjacent to an activating group) is 1. The summed E-state index contributed by atoms with van der Waals surface area (Å²) in [5.74, 6) is 0.176. The van der Waals surface area contributed by atoms with Crippen LogP contribution in [0.25, 0.3) is 0 Å². The first-order valence-electron chi connectivity index (χ1n) is 9.90. The summed E-state index contributed by atoms with van der Waals surface area (Å²) in [6.45, 7) is 3.29. The molecule has 0 N–H and O–H groups in total. The number of carbonyl (C=O) groups excluding carboxylic acids is 1. The van der Waals surface area contributed by atoms with Gasteiger partial charge in [-0.3, -0.25) is 4.79 Å². The number of ether oxygens (including phenoxy) is 2. The normalized spacial score (nSPS) is 16.1. The lowest BCUT2D eigenvalue weighted by Gasteiger charge is -2.27. The third-order valence-electron chi connectivity index (χ3n) is 5.43. The Balaban J connectivity index is 1.81. The van der Waals surface area contributed by atoms with E-state index in [9.17, 15) is 13.2 Å². The van der Waals surface area contributed by atoms with Crippen LogP contribution in [0.4, 0.5) is 0 Å². The van der Waals surface area contributed by atoms with Crippen molar-refractivity contribution in [2.24, 2.45) is 0 Å². The summed E-state index contributed by atoms with van der Waals surface area (Å²) >= 11 is 0. The zero-order chi connectivity index (χ0) is 21.7. The third kappa shape index (κ3) is 4.83. The van der Waals surface area contributed by atoms with E-state index < -0.39 is 10.0 Å². The summed E-state index contributed by atoms with van der Waals surface area (Å²) in [4.78, 5) is 14.6. The van der Waals surface area contributed by atoms with Gasteiger partial charge in [0.05, 0.1) is 32.8 Å². The smallest absolute Gasteiger partial charge is 0.246 e. The Kier molecular flexibility index (Phi) is 7.12. The van der Waals surface area contributed by atoms with Crippen molar-refractivity contribution in [2.45, 2.75) is 24.3 Å². The van der Waals surface area contributed by atoms with Crippen molar-refractivity contribution in [1.82, 2.24) is 9.21 Å². The minimum absolute atomic E-state index is 0.0796. The van der Waals surface area contributed by atoms with Gasteiger partial charge in [0, 0.05) is 20.1 Å². The van der Waals surface area contributed by atoms with E-state index >= 15 is 0 Å². The maximum absolute atomic E-state index is 13.1. The summed E-state index contributed by atoms with van der Waals surface area (Å²) in [5.41, 5.74) is 1.67. The Bertz CT molecular complexity index is 972. The molecular weight excluding hydrogens is 404 g/mol. The van der Waals surface area contributed by atoms with E-state index in [1.807, 2.05) is 37.3 Å². The van der Waals surface area contributed by atoms with E-state index in [1.165, 1.54) is 11.4 Å². The Morgan fingerprint density at radius 3 is 2.47 bits per heavy atom. The number of hydrogen-bond donors (Lipinski definition) is 0. The quantitative estimate of drug-likeness (QED) is 0.672. The van der Waals surface area contributed by atoms with Gasteiger partial charge < -0.3 is 14.4 Å². The number of sulfonamides is 1. The molecule has 2 aromatic carbocycles. The molecule has 8 heteroatoms. The van der Waals surface area contributed by atoms with Gasteiger partial charge in [-0.25, -0.2) is 8.42 Å². The van der Waals surface area contributed by atoms with E-state index in [4.69, 9.17) is 9.47 Å². The summed E-state index contributed by atoms with van der Waals surface area (Å²) in [6, 6.07) is 14.6. The number of rotatable bonds is 7. The number of amides is 1. The van der Waals surface area contributed by atoms with Gasteiger partial charge in [-0.05, 0) is 30.2 Å². The second kappa shape index (κ2) is 9.59. The topological polar surface area (TPSA) is 76.2 Å². The second-order valence-corrected chi connectivity index (χ2v) is 9.18. The molecule has 0 radical (unpaired) electrons. The molecule has 0 spiro atoms. The van der Waals surface area contributed by atoms with Crippen LogP contribution in [0.2, 0.25) is 0 Å². The van der Waals surface area contributed by atoms with E-state index in [1.54, 1.807) is 30.1 Å². The number of nitrogens with zero attached hydrogens (tertiary/aromatic N) is 2. The van der Waals surface area contributed by atoms with Crippen molar-refractivity contribution < 1.29 is 22.7 Å². The number of carbonyl (C=O) groups is 1. The highest BCUT2D eigenvalue weighted by atomic mass is 32.2. The van der Waals surface area contributed by atoms with Crippen molar-refractivity contribution in [2.75, 3.05) is 40.5 Å².